The molecule has 0 aromatic heterocycles. The Morgan fingerprint density at radius 2 is 1.95 bits per heavy atom. The Kier molecular flexibility index (Phi) is 6.57. The monoisotopic (exact) mass is 570 g/mol. The highest BCUT2D eigenvalue weighted by Gasteiger charge is 2.78. The first-order valence-electron chi connectivity index (χ1n) is 14.6. The van der Waals surface area contributed by atoms with Crippen molar-refractivity contribution >= 4 is 23.7 Å². The van der Waals surface area contributed by atoms with Crippen molar-refractivity contribution in [2.75, 3.05) is 19.7 Å². The molecule has 2 fully saturated rings. The van der Waals surface area contributed by atoms with Gasteiger partial charge < -0.3 is 25.6 Å². The SMILES string of the molecule is CC1(C)CCOc2c(C(=O)NC3C[N+]4=C(N)N[C@@H](CNC(=O)C5CCCCC5)[C@@H]5[NH+]=C(N)N[C@@]54C3(O)O)cccc21. The van der Waals surface area contributed by atoms with E-state index in [1.54, 1.807) is 10.6 Å². The summed E-state index contributed by atoms with van der Waals surface area (Å²) in [5.74, 6) is -2.23. The van der Waals surface area contributed by atoms with E-state index >= 15 is 0 Å². The Balaban J connectivity index is 1.25. The van der Waals surface area contributed by atoms with Crippen LogP contribution < -0.4 is 42.5 Å². The first-order chi connectivity index (χ1) is 19.5. The minimum absolute atomic E-state index is 0.0153. The van der Waals surface area contributed by atoms with Gasteiger partial charge in [-0.2, -0.15) is 0 Å². The van der Waals surface area contributed by atoms with Crippen molar-refractivity contribution in [1.82, 2.24) is 21.3 Å². The van der Waals surface area contributed by atoms with E-state index in [1.165, 1.54) is 0 Å². The maximum Gasteiger partial charge on any atom is 0.347 e. The van der Waals surface area contributed by atoms with Crippen molar-refractivity contribution < 1.29 is 34.1 Å². The summed E-state index contributed by atoms with van der Waals surface area (Å²) in [5.41, 5.74) is 12.1. The van der Waals surface area contributed by atoms with Gasteiger partial charge in [-0.05, 0) is 30.7 Å². The number of carbonyl (C=O) groups is 2. The van der Waals surface area contributed by atoms with Gasteiger partial charge in [-0.15, -0.1) is 0 Å². The molecule has 6 rings (SSSR count). The number of nitrogens with one attached hydrogen (secondary N) is 5. The fourth-order valence-corrected chi connectivity index (χ4v) is 7.31. The molecular weight excluding hydrogens is 528 g/mol. The van der Waals surface area contributed by atoms with Crippen LogP contribution in [0.1, 0.15) is 68.3 Å². The molecule has 4 heterocycles. The number of benzene rings is 1. The first-order valence-corrected chi connectivity index (χ1v) is 14.6. The predicted octanol–water partition coefficient (Wildman–Crippen LogP) is -3.40. The van der Waals surface area contributed by atoms with Crippen LogP contribution in [0.5, 0.6) is 5.75 Å². The quantitative estimate of drug-likeness (QED) is 0.128. The molecule has 4 aliphatic heterocycles. The zero-order valence-electron chi connectivity index (χ0n) is 23.6. The van der Waals surface area contributed by atoms with Crippen LogP contribution in [0.15, 0.2) is 18.2 Å². The highest BCUT2D eigenvalue weighted by molar-refractivity contribution is 5.98. The van der Waals surface area contributed by atoms with Gasteiger partial charge in [-0.3, -0.25) is 31.4 Å². The molecule has 0 bridgehead atoms. The van der Waals surface area contributed by atoms with Crippen LogP contribution in [0, 0.1) is 5.92 Å². The van der Waals surface area contributed by atoms with Gasteiger partial charge in [0.1, 0.15) is 17.8 Å². The van der Waals surface area contributed by atoms with Crippen LogP contribution in [0.2, 0.25) is 0 Å². The number of fused-ring (bicyclic) bond motifs is 1. The molecule has 41 heavy (non-hydrogen) atoms. The molecule has 2 amide bonds. The summed E-state index contributed by atoms with van der Waals surface area (Å²) in [5, 5.41) is 35.6. The number of rotatable bonds is 5. The molecular formula is C28H42N8O5+2. The van der Waals surface area contributed by atoms with E-state index in [0.29, 0.717) is 17.9 Å². The lowest BCUT2D eigenvalue weighted by molar-refractivity contribution is -0.674. The molecule has 1 aromatic carbocycles. The van der Waals surface area contributed by atoms with Gasteiger partial charge in [0.2, 0.25) is 5.91 Å². The third kappa shape index (κ3) is 4.28. The zero-order chi connectivity index (χ0) is 29.2. The number of nitrogens with zero attached hydrogens (tertiary/aromatic N) is 1. The summed E-state index contributed by atoms with van der Waals surface area (Å²) < 4.78 is 7.50. The van der Waals surface area contributed by atoms with Gasteiger partial charge in [0.25, 0.3) is 17.4 Å². The van der Waals surface area contributed by atoms with Gasteiger partial charge in [-0.25, -0.2) is 9.89 Å². The Morgan fingerprint density at radius 1 is 1.20 bits per heavy atom. The smallest absolute Gasteiger partial charge is 0.347 e. The third-order valence-corrected chi connectivity index (χ3v) is 9.69. The molecule has 0 radical (unpaired) electrons. The topological polar surface area (TPSA) is 201 Å². The second-order valence-corrected chi connectivity index (χ2v) is 12.7. The van der Waals surface area contributed by atoms with E-state index in [4.69, 9.17) is 16.2 Å². The number of guanidine groups is 2. The Hall–Kier alpha value is -3.58. The van der Waals surface area contributed by atoms with Gasteiger partial charge in [-0.1, -0.05) is 45.2 Å². The maximum atomic E-state index is 13.6. The van der Waals surface area contributed by atoms with Crippen LogP contribution in [-0.4, -0.2) is 87.8 Å². The van der Waals surface area contributed by atoms with Crippen molar-refractivity contribution in [2.24, 2.45) is 17.4 Å². The summed E-state index contributed by atoms with van der Waals surface area (Å²) in [4.78, 5) is 29.6. The van der Waals surface area contributed by atoms with Crippen molar-refractivity contribution in [3.05, 3.63) is 29.3 Å². The molecule has 13 heteroatoms. The Morgan fingerprint density at radius 3 is 2.71 bits per heavy atom. The fourth-order valence-electron chi connectivity index (χ4n) is 7.31. The highest BCUT2D eigenvalue weighted by atomic mass is 16.5. The highest BCUT2D eigenvalue weighted by Crippen LogP contribution is 2.41. The van der Waals surface area contributed by atoms with Gasteiger partial charge in [0, 0.05) is 11.5 Å². The Bertz CT molecular complexity index is 1320. The van der Waals surface area contributed by atoms with Crippen LogP contribution in [0.3, 0.4) is 0 Å². The molecule has 11 N–H and O–H groups in total. The summed E-state index contributed by atoms with van der Waals surface area (Å²) in [6, 6.07) is 3.03. The van der Waals surface area contributed by atoms with Gasteiger partial charge in [0.15, 0.2) is 6.04 Å². The second kappa shape index (κ2) is 9.76. The summed E-state index contributed by atoms with van der Waals surface area (Å²) in [7, 11) is 0. The third-order valence-electron chi connectivity index (χ3n) is 9.69. The predicted molar refractivity (Wildman–Crippen MR) is 149 cm³/mol. The lowest BCUT2D eigenvalue weighted by Gasteiger charge is -2.41. The van der Waals surface area contributed by atoms with Crippen LogP contribution >= 0.6 is 0 Å². The van der Waals surface area contributed by atoms with Crippen LogP contribution in [0.25, 0.3) is 0 Å². The lowest BCUT2D eigenvalue weighted by Crippen LogP contribution is -2.92. The minimum atomic E-state index is -2.52. The van der Waals surface area contributed by atoms with Crippen LogP contribution in [0.4, 0.5) is 0 Å². The van der Waals surface area contributed by atoms with E-state index in [-0.39, 0.29) is 42.2 Å². The van der Waals surface area contributed by atoms with Gasteiger partial charge in [0.05, 0.1) is 25.3 Å². The molecule has 5 aliphatic rings. The van der Waals surface area contributed by atoms with E-state index in [0.717, 1.165) is 44.1 Å². The second-order valence-electron chi connectivity index (χ2n) is 12.7. The molecule has 1 saturated heterocycles. The standard InChI is InChI=1S/C28H40N8O5/c1-26(2)11-12-41-20-16(9-6-10-17(20)26)23(38)33-19-14-36-25(30)32-18(13-31-22(37)15-7-4-3-5-8-15)21-27(36,28(19,39)40)35-24(29)34-21/h6,9-10,15,18-19,21,39-40H,3-5,7-8,11-14H2,1-2H3,(H7,29,30,31,32,33,34,35,37,38)/p+2/t18-,19?,21-,27-/m0/s1. The van der Waals surface area contributed by atoms with E-state index in [1.807, 2.05) is 12.1 Å². The van der Waals surface area contributed by atoms with Crippen molar-refractivity contribution in [1.29, 1.82) is 0 Å². The molecule has 1 aliphatic carbocycles. The maximum absolute atomic E-state index is 13.6. The molecule has 1 saturated carbocycles. The van der Waals surface area contributed by atoms with E-state index < -0.39 is 35.5 Å². The summed E-state index contributed by atoms with van der Waals surface area (Å²) in [6.45, 7) is 4.87. The minimum Gasteiger partial charge on any atom is -0.492 e. The van der Waals surface area contributed by atoms with Crippen molar-refractivity contribution in [3.8, 4) is 5.75 Å². The molecule has 1 aromatic rings. The van der Waals surface area contributed by atoms with E-state index in [2.05, 4.69) is 40.1 Å². The van der Waals surface area contributed by atoms with E-state index in [9.17, 15) is 19.8 Å². The van der Waals surface area contributed by atoms with Crippen molar-refractivity contribution in [3.63, 3.8) is 0 Å². The number of amides is 2. The first kappa shape index (κ1) is 27.6. The molecule has 1 unspecified atom stereocenters. The number of ether oxygens (including phenoxy) is 1. The number of hydrogen-bond acceptors (Lipinski definition) is 9. The largest absolute Gasteiger partial charge is 0.492 e. The number of nitrogens with two attached hydrogens (primary N) is 2. The molecule has 222 valence electrons. The Labute approximate surface area is 238 Å². The zero-order valence-corrected chi connectivity index (χ0v) is 23.6. The van der Waals surface area contributed by atoms with Gasteiger partial charge >= 0.3 is 11.9 Å². The molecule has 4 atom stereocenters. The summed E-state index contributed by atoms with van der Waals surface area (Å²) >= 11 is 0. The number of hydrogen-bond donors (Lipinski definition) is 9. The normalized spacial score (nSPS) is 31.4. The lowest BCUT2D eigenvalue weighted by atomic mass is 9.79. The van der Waals surface area contributed by atoms with Crippen molar-refractivity contribution in [2.45, 2.75) is 87.4 Å². The average Bonchev–Trinajstić information content (AvgIpc) is 3.41. The number of aliphatic hydroxyl groups is 2. The number of carbonyl (C=O) groups excluding carboxylic acids is 2. The summed E-state index contributed by atoms with van der Waals surface area (Å²) in [6.07, 6.45) is 5.78. The fraction of sp³-hybridized carbons (Fsp3) is 0.643. The molecule has 1 spiro atoms. The number of para-hydroxylation sites is 1. The molecule has 13 nitrogen and oxygen atoms in total. The average molecular weight is 571 g/mol. The van der Waals surface area contributed by atoms with Crippen LogP contribution in [-0.2, 0) is 10.2 Å².